The number of carbonyl (C=O) groups excluding carboxylic acids is 5. The molecule has 81 heavy (non-hydrogen) atoms. The van der Waals surface area contributed by atoms with Crippen LogP contribution in [0, 0.1) is 6.92 Å². The van der Waals surface area contributed by atoms with E-state index in [1.807, 2.05) is 141 Å². The largest absolute Gasteiger partial charge is 0.395 e. The number of aliphatic hydroxyl groups excluding tert-OH is 1. The minimum Gasteiger partial charge on any atom is -0.395 e. The van der Waals surface area contributed by atoms with Gasteiger partial charge in [0.05, 0.1) is 24.5 Å². The van der Waals surface area contributed by atoms with E-state index >= 15 is 0 Å². The highest BCUT2D eigenvalue weighted by Crippen LogP contribution is 2.33. The van der Waals surface area contributed by atoms with Crippen molar-refractivity contribution in [3.8, 4) is 0 Å². The number of nitrogens with one attached hydrogen (secondary N) is 2. The highest BCUT2D eigenvalue weighted by atomic mass is 32.2. The number of hydrogen-bond acceptors (Lipinski definition) is 13. The molecule has 0 aliphatic carbocycles. The first kappa shape index (κ1) is 63.0. The fourth-order valence-corrected chi connectivity index (χ4v) is 8.74. The maximum absolute atomic E-state index is 12.4. The molecule has 2 aliphatic heterocycles. The van der Waals surface area contributed by atoms with Gasteiger partial charge in [-0.2, -0.15) is 8.42 Å². The van der Waals surface area contributed by atoms with Gasteiger partial charge in [-0.05, 0) is 133 Å². The number of anilines is 6. The third-order valence-electron chi connectivity index (χ3n) is 12.7. The third-order valence-corrected chi connectivity index (χ3v) is 14.0. The smallest absolute Gasteiger partial charge is 0.297 e. The highest BCUT2D eigenvalue weighted by Gasteiger charge is 2.23. The molecule has 7 aromatic rings. The Morgan fingerprint density at radius 1 is 0.531 bits per heavy atom. The zero-order chi connectivity index (χ0) is 58.7. The molecule has 2 aliphatic rings. The summed E-state index contributed by atoms with van der Waals surface area (Å²) < 4.78 is 53.5. The van der Waals surface area contributed by atoms with Gasteiger partial charge in [-0.1, -0.05) is 66.2 Å². The second-order valence-electron chi connectivity index (χ2n) is 18.5. The van der Waals surface area contributed by atoms with Crippen LogP contribution in [0.2, 0.25) is 0 Å². The molecule has 0 aromatic heterocycles. The maximum Gasteiger partial charge on any atom is 0.297 e. The summed E-state index contributed by atoms with van der Waals surface area (Å²) in [6.07, 6.45) is 4.80. The molecule has 0 fully saturated rings. The summed E-state index contributed by atoms with van der Waals surface area (Å²) in [6.45, 7) is 3.07. The van der Waals surface area contributed by atoms with Crippen molar-refractivity contribution < 1.29 is 50.5 Å². The number of amides is 2. The van der Waals surface area contributed by atoms with E-state index in [0.29, 0.717) is 54.9 Å². The zero-order valence-corrected chi connectivity index (χ0v) is 46.8. The van der Waals surface area contributed by atoms with Crippen molar-refractivity contribution in [3.63, 3.8) is 0 Å². The molecule has 0 bridgehead atoms. The Morgan fingerprint density at radius 3 is 1.40 bits per heavy atom. The molecule has 424 valence electrons. The number of benzene rings is 7. The van der Waals surface area contributed by atoms with E-state index in [4.69, 9.17) is 9.29 Å². The molecule has 0 saturated carbocycles. The second-order valence-corrected chi connectivity index (χ2v) is 20.2. The summed E-state index contributed by atoms with van der Waals surface area (Å²) >= 11 is 0. The van der Waals surface area contributed by atoms with E-state index < -0.39 is 10.1 Å². The van der Waals surface area contributed by atoms with E-state index in [1.165, 1.54) is 12.1 Å². The van der Waals surface area contributed by atoms with Crippen molar-refractivity contribution >= 4 is 86.6 Å². The molecule has 2 heterocycles. The predicted octanol–water partition coefficient (Wildman–Crippen LogP) is 10.2. The van der Waals surface area contributed by atoms with Gasteiger partial charge in [0.15, 0.2) is 0 Å². The summed E-state index contributed by atoms with van der Waals surface area (Å²) in [4.78, 5) is 61.8. The number of aliphatic hydroxyl groups is 1. The van der Waals surface area contributed by atoms with Gasteiger partial charge in [0.25, 0.3) is 16.0 Å². The molecule has 0 spiro atoms. The molecule has 3 N–H and O–H groups in total. The molecule has 15 nitrogen and oxygen atoms in total. The van der Waals surface area contributed by atoms with Crippen LogP contribution in [0.1, 0.15) is 53.3 Å². The quantitative estimate of drug-likeness (QED) is 0.0395. The summed E-state index contributed by atoms with van der Waals surface area (Å²) in [6, 6.07) is 51.0. The lowest BCUT2D eigenvalue weighted by molar-refractivity contribution is -0.115. The van der Waals surface area contributed by atoms with E-state index in [2.05, 4.69) is 10.6 Å². The van der Waals surface area contributed by atoms with Crippen LogP contribution in [-0.2, 0) is 30.3 Å². The number of rotatable bonds is 19. The first-order valence-electron chi connectivity index (χ1n) is 25.8. The fraction of sp³-hybridized carbons (Fsp3) is 0.222. The van der Waals surface area contributed by atoms with Gasteiger partial charge in [0, 0.05) is 116 Å². The van der Waals surface area contributed by atoms with Crippen molar-refractivity contribution in [2.24, 2.45) is 0 Å². The van der Waals surface area contributed by atoms with Crippen molar-refractivity contribution in [2.75, 3.05) is 111 Å². The Kier molecular flexibility index (Phi) is 25.1. The van der Waals surface area contributed by atoms with Crippen LogP contribution in [0.25, 0.3) is 11.6 Å². The number of nitrogens with zero attached hydrogens (tertiary/aromatic N) is 4. The summed E-state index contributed by atoms with van der Waals surface area (Å²) in [5.74, 6) is 0.0148. The Hall–Kier alpha value is -8.84. The topological polar surface area (TPSA) is 186 Å². The molecular weight excluding hydrogens is 1050 g/mol. The van der Waals surface area contributed by atoms with Gasteiger partial charge >= 0.3 is 0 Å². The number of alkyl halides is 2. The number of likely N-dealkylation sites (N-methyl/N-ethyl adjacent to an activating group) is 2. The van der Waals surface area contributed by atoms with Crippen molar-refractivity contribution in [3.05, 3.63) is 209 Å². The standard InChI is InChI=1S/C18H17FN2O.C17H19NO4S.C10H12FNO.C10H13NO2.C8H7NO/c1-21(11-10-19)14-8-6-13(7-9-14)12-16-15-4-2-3-5-17(15)20-18(16)22;1-14-3-9-17(10-4-14)23(20,21)22-12-11-18(2)16-7-5-15(13-19)6-8-16;1-12(7-6-11)10-4-2-9(8-13)3-5-10;1-11(6-7-12)10-4-2-9(8-13)3-5-10;10-8-5-6-3-1-2-4-7(6)9-8/h2-9,12H,10-11H2,1H3,(H,20,22);3-10,13H,11-12H2,1-2H3;2-5,8H,6-7H2,1H3;2-5,8,12H,6-7H2,1H3;1-4H,5H2,(H,9,10)/b16-12+;;;;. The molecule has 0 atom stereocenters. The monoisotopic (exact) mass is 1120 g/mol. The van der Waals surface area contributed by atoms with E-state index in [9.17, 15) is 41.2 Å². The Balaban J connectivity index is 0.000000192. The zero-order valence-electron chi connectivity index (χ0n) is 46.0. The molecule has 18 heteroatoms. The minimum atomic E-state index is -3.74. The van der Waals surface area contributed by atoms with Crippen LogP contribution in [0.3, 0.4) is 0 Å². The highest BCUT2D eigenvalue weighted by molar-refractivity contribution is 7.86. The number of fused-ring (bicyclic) bond motifs is 2. The van der Waals surface area contributed by atoms with E-state index in [-0.39, 0.29) is 43.3 Å². The molecule has 7 aromatic carbocycles. The lowest BCUT2D eigenvalue weighted by Gasteiger charge is -2.19. The average molecular weight is 1120 g/mol. The SMILES string of the molecule is CN(CCF)c1ccc(/C=C2/C(=O)Nc3ccccc32)cc1.CN(CCF)c1ccc(C=O)cc1.CN(CCO)c1ccc(C=O)cc1.Cc1ccc(S(=O)(=O)OCCN(C)c2ccc(C=O)cc2)cc1.O=C1Cc2ccccc2N1. The third kappa shape index (κ3) is 19.8. The molecular formula is C63H68F2N6O9S. The van der Waals surface area contributed by atoms with E-state index in [0.717, 1.165) is 75.2 Å². The van der Waals surface area contributed by atoms with Gasteiger partial charge in [0.2, 0.25) is 5.91 Å². The summed E-state index contributed by atoms with van der Waals surface area (Å²) in [5, 5.41) is 14.3. The number of para-hydroxylation sites is 2. The number of aldehydes is 3. The number of aryl methyl sites for hydroxylation is 1. The number of halogens is 2. The van der Waals surface area contributed by atoms with Crippen LogP contribution >= 0.6 is 0 Å². The van der Waals surface area contributed by atoms with Crippen molar-refractivity contribution in [2.45, 2.75) is 18.2 Å². The summed E-state index contributed by atoms with van der Waals surface area (Å²) in [5.41, 5.74) is 12.1. The normalized spacial score (nSPS) is 12.1. The first-order valence-corrected chi connectivity index (χ1v) is 27.2. The Bertz CT molecular complexity index is 3190. The van der Waals surface area contributed by atoms with Gasteiger partial charge in [0.1, 0.15) is 32.2 Å². The number of hydrogen-bond donors (Lipinski definition) is 3. The van der Waals surface area contributed by atoms with Crippen LogP contribution in [0.4, 0.5) is 42.9 Å². The summed E-state index contributed by atoms with van der Waals surface area (Å²) in [7, 11) is 3.66. The van der Waals surface area contributed by atoms with Crippen LogP contribution in [-0.4, -0.2) is 125 Å². The van der Waals surface area contributed by atoms with Gasteiger partial charge in [-0.15, -0.1) is 0 Å². The van der Waals surface area contributed by atoms with Gasteiger partial charge in [-0.3, -0.25) is 28.2 Å². The van der Waals surface area contributed by atoms with Crippen LogP contribution < -0.4 is 30.2 Å². The van der Waals surface area contributed by atoms with E-state index in [1.54, 1.807) is 77.7 Å². The molecule has 9 rings (SSSR count). The van der Waals surface area contributed by atoms with Crippen LogP contribution in [0.5, 0.6) is 0 Å². The lowest BCUT2D eigenvalue weighted by atomic mass is 10.0. The molecule has 0 unspecified atom stereocenters. The second kappa shape index (κ2) is 32.3. The molecule has 0 radical (unpaired) electrons. The van der Waals surface area contributed by atoms with Crippen molar-refractivity contribution in [1.29, 1.82) is 0 Å². The van der Waals surface area contributed by atoms with Gasteiger partial charge in [-0.25, -0.2) is 8.78 Å². The van der Waals surface area contributed by atoms with Gasteiger partial charge < -0.3 is 35.3 Å². The Morgan fingerprint density at radius 2 is 0.951 bits per heavy atom. The molecule has 2 amide bonds. The fourth-order valence-electron chi connectivity index (χ4n) is 7.84. The number of carbonyl (C=O) groups is 5. The van der Waals surface area contributed by atoms with Crippen LogP contribution in [0.15, 0.2) is 175 Å². The first-order chi connectivity index (χ1) is 39.0. The average Bonchev–Trinajstić information content (AvgIpc) is 4.03. The predicted molar refractivity (Wildman–Crippen MR) is 320 cm³/mol. The minimum absolute atomic E-state index is 0.0438. The Labute approximate surface area is 473 Å². The lowest BCUT2D eigenvalue weighted by Crippen LogP contribution is -2.24. The van der Waals surface area contributed by atoms with Crippen molar-refractivity contribution in [1.82, 2.24) is 0 Å². The molecule has 0 saturated heterocycles. The maximum atomic E-state index is 12.4.